The number of aryl methyl sites for hydroxylation is 1. The Morgan fingerprint density at radius 3 is 2.64 bits per heavy atom. The molecule has 1 aliphatic rings. The van der Waals surface area contributed by atoms with Gasteiger partial charge >= 0.3 is 12.1 Å². The van der Waals surface area contributed by atoms with Crippen LogP contribution in [0.3, 0.4) is 0 Å². The van der Waals surface area contributed by atoms with Gasteiger partial charge in [0.1, 0.15) is 0 Å². The summed E-state index contributed by atoms with van der Waals surface area (Å²) in [5.74, 6) is -2.48. The first-order valence-electron chi connectivity index (χ1n) is 8.16. The number of nitrogens with zero attached hydrogens (tertiary/aromatic N) is 4. The van der Waals surface area contributed by atoms with E-state index in [-0.39, 0.29) is 29.6 Å². The molecule has 1 atom stereocenters. The number of non-ortho nitro benzene ring substituents is 1. The van der Waals surface area contributed by atoms with E-state index in [1.807, 2.05) is 0 Å². The van der Waals surface area contributed by atoms with Gasteiger partial charge in [0.05, 0.1) is 15.7 Å². The van der Waals surface area contributed by atoms with Crippen LogP contribution in [-0.2, 0) is 16.2 Å². The van der Waals surface area contributed by atoms with Crippen LogP contribution in [0.15, 0.2) is 27.5 Å². The lowest BCUT2D eigenvalue weighted by atomic mass is 10.00. The van der Waals surface area contributed by atoms with Gasteiger partial charge in [0.25, 0.3) is 5.69 Å². The van der Waals surface area contributed by atoms with Crippen LogP contribution in [0, 0.1) is 17.0 Å². The maximum atomic E-state index is 13.0. The normalized spacial score (nSPS) is 18.9. The predicted octanol–water partition coefficient (Wildman–Crippen LogP) is 2.87. The monoisotopic (exact) mass is 420 g/mol. The zero-order valence-electron chi connectivity index (χ0n) is 14.5. The number of nitro groups is 1. The number of piperidine rings is 1. The highest BCUT2D eigenvalue weighted by atomic mass is 32.2. The molecule has 0 saturated carbocycles. The van der Waals surface area contributed by atoms with Crippen LogP contribution in [-0.4, -0.2) is 40.9 Å². The van der Waals surface area contributed by atoms with Gasteiger partial charge in [-0.3, -0.25) is 10.1 Å². The number of alkyl halides is 3. The molecule has 1 aliphatic heterocycles. The van der Waals surface area contributed by atoms with Crippen LogP contribution in [0.2, 0.25) is 0 Å². The Morgan fingerprint density at radius 1 is 1.32 bits per heavy atom. The fourth-order valence-corrected chi connectivity index (χ4v) is 4.76. The Hall–Kier alpha value is -2.54. The molecule has 1 aromatic heterocycles. The van der Waals surface area contributed by atoms with E-state index in [9.17, 15) is 31.7 Å². The van der Waals surface area contributed by atoms with Crippen molar-refractivity contribution in [2.24, 2.45) is 0 Å². The van der Waals surface area contributed by atoms with Gasteiger partial charge in [0.2, 0.25) is 15.9 Å². The molecule has 2 heterocycles. The van der Waals surface area contributed by atoms with Crippen molar-refractivity contribution >= 4 is 15.7 Å². The molecule has 13 heteroatoms. The smallest absolute Gasteiger partial charge is 0.417 e. The van der Waals surface area contributed by atoms with Crippen LogP contribution in [0.25, 0.3) is 0 Å². The standard InChI is InChI=1S/C15H15F3N4O5S/c1-9-4-5-11(22(23)24)7-12(9)28(25,26)21-6-2-3-10(8-21)13-19-20-14(27-13)15(16,17)18/h4-5,7,10H,2-3,6,8H2,1H3. The number of hydrogen-bond acceptors (Lipinski definition) is 7. The molecule has 9 nitrogen and oxygen atoms in total. The van der Waals surface area contributed by atoms with Gasteiger partial charge in [-0.1, -0.05) is 6.07 Å². The summed E-state index contributed by atoms with van der Waals surface area (Å²) < 4.78 is 69.6. The van der Waals surface area contributed by atoms with Crippen LogP contribution in [0.4, 0.5) is 18.9 Å². The van der Waals surface area contributed by atoms with Gasteiger partial charge in [-0.15, -0.1) is 10.2 Å². The van der Waals surface area contributed by atoms with Gasteiger partial charge in [-0.05, 0) is 25.3 Å². The van der Waals surface area contributed by atoms with Gasteiger partial charge in [-0.2, -0.15) is 17.5 Å². The van der Waals surface area contributed by atoms with Crippen molar-refractivity contribution < 1.29 is 30.9 Å². The van der Waals surface area contributed by atoms with E-state index in [0.29, 0.717) is 18.4 Å². The second-order valence-corrected chi connectivity index (χ2v) is 8.26. The molecular weight excluding hydrogens is 405 g/mol. The van der Waals surface area contributed by atoms with E-state index < -0.39 is 32.9 Å². The highest BCUT2D eigenvalue weighted by molar-refractivity contribution is 7.89. The lowest BCUT2D eigenvalue weighted by Gasteiger charge is -2.30. The van der Waals surface area contributed by atoms with E-state index in [1.54, 1.807) is 0 Å². The van der Waals surface area contributed by atoms with Crippen LogP contribution < -0.4 is 0 Å². The molecular formula is C15H15F3N4O5S. The molecule has 1 aromatic carbocycles. The van der Waals surface area contributed by atoms with E-state index in [4.69, 9.17) is 0 Å². The van der Waals surface area contributed by atoms with Crippen LogP contribution in [0.1, 0.15) is 36.1 Å². The number of benzene rings is 1. The van der Waals surface area contributed by atoms with Crippen molar-refractivity contribution in [1.29, 1.82) is 0 Å². The van der Waals surface area contributed by atoms with Crippen molar-refractivity contribution in [3.63, 3.8) is 0 Å². The number of nitro benzene ring substituents is 1. The van der Waals surface area contributed by atoms with E-state index in [0.717, 1.165) is 10.4 Å². The molecule has 1 fully saturated rings. The van der Waals surface area contributed by atoms with Crippen molar-refractivity contribution in [2.75, 3.05) is 13.1 Å². The molecule has 2 aromatic rings. The van der Waals surface area contributed by atoms with Crippen LogP contribution in [0.5, 0.6) is 0 Å². The van der Waals surface area contributed by atoms with Gasteiger partial charge in [0, 0.05) is 25.2 Å². The van der Waals surface area contributed by atoms with Crippen molar-refractivity contribution in [3.8, 4) is 0 Å². The minimum absolute atomic E-state index is 0.126. The summed E-state index contributed by atoms with van der Waals surface area (Å²) in [5.41, 5.74) is -0.0469. The van der Waals surface area contributed by atoms with Gasteiger partial charge < -0.3 is 4.42 Å². The molecule has 0 amide bonds. The van der Waals surface area contributed by atoms with E-state index in [1.165, 1.54) is 19.1 Å². The summed E-state index contributed by atoms with van der Waals surface area (Å²) in [5, 5.41) is 17.3. The Kier molecular flexibility index (Phi) is 5.14. The minimum Gasteiger partial charge on any atom is -0.417 e. The summed E-state index contributed by atoms with van der Waals surface area (Å²) in [6, 6.07) is 3.51. The number of halogens is 3. The average Bonchev–Trinajstić information content (AvgIpc) is 3.12. The Morgan fingerprint density at radius 2 is 2.04 bits per heavy atom. The molecule has 0 spiro atoms. The maximum Gasteiger partial charge on any atom is 0.470 e. The zero-order chi connectivity index (χ0) is 20.7. The molecule has 1 saturated heterocycles. The summed E-state index contributed by atoms with van der Waals surface area (Å²) >= 11 is 0. The lowest BCUT2D eigenvalue weighted by Crippen LogP contribution is -2.39. The first-order chi connectivity index (χ1) is 13.0. The Labute approximate surface area is 157 Å². The Bertz CT molecular complexity index is 1010. The first kappa shape index (κ1) is 20.2. The van der Waals surface area contributed by atoms with E-state index >= 15 is 0 Å². The van der Waals surface area contributed by atoms with E-state index in [2.05, 4.69) is 14.6 Å². The summed E-state index contributed by atoms with van der Waals surface area (Å²) in [6.45, 7) is 1.47. The largest absolute Gasteiger partial charge is 0.470 e. The van der Waals surface area contributed by atoms with Crippen molar-refractivity contribution in [3.05, 3.63) is 45.7 Å². The molecule has 28 heavy (non-hydrogen) atoms. The van der Waals surface area contributed by atoms with Gasteiger partial charge in [-0.25, -0.2) is 8.42 Å². The number of sulfonamides is 1. The fraction of sp³-hybridized carbons (Fsp3) is 0.467. The van der Waals surface area contributed by atoms with Gasteiger partial charge in [0.15, 0.2) is 0 Å². The summed E-state index contributed by atoms with van der Waals surface area (Å²) in [6.07, 6.45) is -4.05. The highest BCUT2D eigenvalue weighted by Crippen LogP contribution is 2.34. The molecule has 1 unspecified atom stereocenters. The minimum atomic E-state index is -4.79. The average molecular weight is 420 g/mol. The third-order valence-electron chi connectivity index (χ3n) is 4.42. The summed E-state index contributed by atoms with van der Waals surface area (Å²) in [4.78, 5) is 10.0. The molecule has 0 aliphatic carbocycles. The molecule has 3 rings (SSSR count). The number of rotatable bonds is 4. The van der Waals surface area contributed by atoms with Crippen molar-refractivity contribution in [1.82, 2.24) is 14.5 Å². The second-order valence-electron chi connectivity index (χ2n) is 6.35. The van der Waals surface area contributed by atoms with Crippen LogP contribution >= 0.6 is 0 Å². The van der Waals surface area contributed by atoms with Crippen molar-refractivity contribution in [2.45, 2.75) is 36.8 Å². The third kappa shape index (κ3) is 3.85. The first-order valence-corrected chi connectivity index (χ1v) is 9.60. The zero-order valence-corrected chi connectivity index (χ0v) is 15.3. The quantitative estimate of drug-likeness (QED) is 0.551. The number of aromatic nitrogens is 2. The second kappa shape index (κ2) is 7.13. The summed E-state index contributed by atoms with van der Waals surface area (Å²) in [7, 11) is -4.09. The Balaban J connectivity index is 1.88. The lowest BCUT2D eigenvalue weighted by molar-refractivity contribution is -0.385. The fourth-order valence-electron chi connectivity index (χ4n) is 3.00. The molecule has 152 valence electrons. The highest BCUT2D eigenvalue weighted by Gasteiger charge is 2.40. The molecule has 0 radical (unpaired) electrons. The topological polar surface area (TPSA) is 119 Å². The third-order valence-corrected chi connectivity index (χ3v) is 6.42. The maximum absolute atomic E-state index is 13.0. The number of hydrogen-bond donors (Lipinski definition) is 0. The predicted molar refractivity (Wildman–Crippen MR) is 87.9 cm³/mol. The molecule has 0 bridgehead atoms. The SMILES string of the molecule is Cc1ccc([N+](=O)[O-])cc1S(=O)(=O)N1CCCC(c2nnc(C(F)(F)F)o2)C1. The molecule has 0 N–H and O–H groups in total.